The first kappa shape index (κ1) is 24.7. The molecule has 12 nitrogen and oxygen atoms in total. The Morgan fingerprint density at radius 1 is 0.892 bits per heavy atom. The van der Waals surface area contributed by atoms with Crippen LogP contribution in [0.2, 0.25) is 0 Å². The third-order valence-corrected chi connectivity index (χ3v) is 6.68. The second-order valence-electron chi connectivity index (χ2n) is 8.18. The molecule has 13 heteroatoms. The van der Waals surface area contributed by atoms with Gasteiger partial charge in [0.1, 0.15) is 11.4 Å². The molecule has 5 rings (SSSR count). The number of esters is 1. The molecule has 1 aliphatic heterocycles. The van der Waals surface area contributed by atoms with Crippen molar-refractivity contribution < 1.29 is 42.8 Å². The zero-order valence-corrected chi connectivity index (χ0v) is 21.3. The highest BCUT2D eigenvalue weighted by Gasteiger charge is 2.32. The van der Waals surface area contributed by atoms with Crippen LogP contribution in [0, 0.1) is 0 Å². The van der Waals surface area contributed by atoms with Crippen molar-refractivity contribution in [1.29, 1.82) is 0 Å². The minimum absolute atomic E-state index is 0.0903. The molecule has 0 unspecified atom stereocenters. The van der Waals surface area contributed by atoms with Crippen LogP contribution in [0.3, 0.4) is 0 Å². The molecule has 4 aromatic rings. The van der Waals surface area contributed by atoms with Gasteiger partial charge in [0.25, 0.3) is 5.91 Å². The van der Waals surface area contributed by atoms with Crippen LogP contribution in [0.1, 0.15) is 26.5 Å². The third-order valence-electron chi connectivity index (χ3n) is 6.32. The number of ether oxygens (including phenoxy) is 4. The summed E-state index contributed by atoms with van der Waals surface area (Å²) < 4.78 is 26.4. The molecule has 1 aliphatic rings. The molecule has 2 aromatic heterocycles. The molecule has 0 saturated carbocycles. The Bertz CT molecular complexity index is 1540. The van der Waals surface area contributed by atoms with E-state index in [1.807, 2.05) is 0 Å². The Morgan fingerprint density at radius 3 is 2.27 bits per heavy atom. The molecule has 194 valence electrons. The monoisotopic (exact) mass is 529 g/mol. The first-order valence-electron chi connectivity index (χ1n) is 11.1. The fraction of sp³-hybridized carbons (Fsp3) is 0.250. The molecule has 1 amide bonds. The maximum atomic E-state index is 13.7. The van der Waals surface area contributed by atoms with E-state index in [1.54, 1.807) is 29.2 Å². The van der Waals surface area contributed by atoms with E-state index < -0.39 is 14.6 Å². The predicted octanol–water partition coefficient (Wildman–Crippen LogP) is 3.25. The van der Waals surface area contributed by atoms with Gasteiger partial charge in [-0.2, -0.15) is 0 Å². The van der Waals surface area contributed by atoms with Gasteiger partial charge in [-0.15, -0.1) is 0 Å². The molecule has 0 saturated heterocycles. The van der Waals surface area contributed by atoms with Crippen LogP contribution in [-0.2, 0) is 11.2 Å². The number of fused-ring (bicyclic) bond motifs is 4. The second-order valence-corrected chi connectivity index (χ2v) is 8.87. The lowest BCUT2D eigenvalue weighted by Gasteiger charge is -2.18. The van der Waals surface area contributed by atoms with Gasteiger partial charge in [0.2, 0.25) is 5.75 Å². The number of carbonyl (C=O) groups is 2. The number of hydrogen-bond donors (Lipinski definition) is 4. The normalized spacial score (nSPS) is 12.8. The minimum atomic E-state index is -2.75. The molecule has 4 N–H and O–H groups in total. The lowest BCUT2D eigenvalue weighted by molar-refractivity contribution is 0.0595. The van der Waals surface area contributed by atoms with Crippen LogP contribution in [0.15, 0.2) is 24.3 Å². The second kappa shape index (κ2) is 9.47. The van der Waals surface area contributed by atoms with E-state index in [0.717, 1.165) is 5.56 Å². The number of aromatic nitrogens is 2. The van der Waals surface area contributed by atoms with E-state index in [2.05, 4.69) is 9.97 Å². The van der Waals surface area contributed by atoms with Gasteiger partial charge in [-0.25, -0.2) is 4.79 Å². The predicted molar refractivity (Wildman–Crippen MR) is 135 cm³/mol. The van der Waals surface area contributed by atoms with Crippen molar-refractivity contribution in [1.82, 2.24) is 9.97 Å². The largest absolute Gasteiger partial charge is 0.493 e. The zero-order valence-electron chi connectivity index (χ0n) is 20.4. The molecular weight excluding hydrogens is 505 g/mol. The van der Waals surface area contributed by atoms with Gasteiger partial charge in [0.05, 0.1) is 45.2 Å². The Labute approximate surface area is 211 Å². The molecule has 0 aliphatic carbocycles. The van der Waals surface area contributed by atoms with Gasteiger partial charge in [-0.1, -0.05) is 0 Å². The molecule has 0 radical (unpaired) electrons. The summed E-state index contributed by atoms with van der Waals surface area (Å²) in [6.45, 7) is 0.359. The number of anilines is 1. The first-order valence-corrected chi connectivity index (χ1v) is 12.2. The van der Waals surface area contributed by atoms with Crippen molar-refractivity contribution in [3.63, 3.8) is 0 Å². The molecule has 0 atom stereocenters. The summed E-state index contributed by atoms with van der Waals surface area (Å²) in [6.07, 6.45) is 0.508. The lowest BCUT2D eigenvalue weighted by Crippen LogP contribution is -2.29. The van der Waals surface area contributed by atoms with Gasteiger partial charge < -0.3 is 48.1 Å². The topological polar surface area (TPSA) is 156 Å². The van der Waals surface area contributed by atoms with Crippen LogP contribution in [-0.4, -0.2) is 66.6 Å². The number of nitrogens with one attached hydrogen (secondary N) is 2. The Morgan fingerprint density at radius 2 is 1.62 bits per heavy atom. The highest BCUT2D eigenvalue weighted by Crippen LogP contribution is 2.45. The van der Waals surface area contributed by atoms with Crippen LogP contribution in [0.25, 0.3) is 21.8 Å². The zero-order chi connectivity index (χ0) is 26.4. The molecule has 37 heavy (non-hydrogen) atoms. The molecule has 0 bridgehead atoms. The van der Waals surface area contributed by atoms with Crippen LogP contribution < -0.4 is 23.6 Å². The van der Waals surface area contributed by atoms with Crippen LogP contribution in [0.4, 0.5) is 5.69 Å². The van der Waals surface area contributed by atoms with Crippen molar-refractivity contribution >= 4 is 48.0 Å². The van der Waals surface area contributed by atoms with E-state index in [0.29, 0.717) is 63.4 Å². The number of amides is 1. The summed E-state index contributed by atoms with van der Waals surface area (Å²) in [5.41, 5.74) is 2.78. The van der Waals surface area contributed by atoms with E-state index in [4.69, 9.17) is 23.5 Å². The number of hydrogen-bond acceptors (Lipinski definition) is 9. The summed E-state index contributed by atoms with van der Waals surface area (Å²) in [5, 5.41) is 1.31. The van der Waals surface area contributed by atoms with E-state index in [1.165, 1.54) is 28.4 Å². The van der Waals surface area contributed by atoms with Crippen molar-refractivity contribution in [2.45, 2.75) is 6.42 Å². The van der Waals surface area contributed by atoms with Gasteiger partial charge in [0, 0.05) is 23.4 Å². The van der Waals surface area contributed by atoms with Gasteiger partial charge in [-0.05, 0) is 30.2 Å². The van der Waals surface area contributed by atoms with E-state index >= 15 is 0 Å². The average molecular weight is 529 g/mol. The number of carbonyl (C=O) groups excluding carboxylic acids is 2. The quantitative estimate of drug-likeness (QED) is 0.209. The highest BCUT2D eigenvalue weighted by molar-refractivity contribution is 7.39. The summed E-state index contributed by atoms with van der Waals surface area (Å²) in [5.74, 6) is 0.435. The summed E-state index contributed by atoms with van der Waals surface area (Å²) in [6, 6.07) is 6.60. The fourth-order valence-electron chi connectivity index (χ4n) is 4.75. The first-order chi connectivity index (χ1) is 17.8. The third kappa shape index (κ3) is 3.99. The number of methoxy groups -OCH3 is 4. The standard InChI is InChI=1S/C24H24N3O9P/c1-32-18-8-11-7-14(25-19(11)22(34-3)21(18)33-2)23(28)27-6-5-12-13-9-15(24(29)35-4)26-20(13)17(10-16(12)27)36-37(30)31/h7-10,25-26,30-31H,5-6H2,1-4H3. The summed E-state index contributed by atoms with van der Waals surface area (Å²) in [7, 11) is 3.02. The molecule has 0 spiro atoms. The van der Waals surface area contributed by atoms with Gasteiger partial charge in [0.15, 0.2) is 17.2 Å². The van der Waals surface area contributed by atoms with Crippen molar-refractivity contribution in [3.8, 4) is 23.0 Å². The Hall–Kier alpha value is -3.99. The lowest BCUT2D eigenvalue weighted by atomic mass is 10.1. The van der Waals surface area contributed by atoms with Crippen LogP contribution >= 0.6 is 8.60 Å². The SMILES string of the molecule is COC(=O)c1cc2c3c(cc(OP(O)O)c2[nH]1)N(C(=O)c1cc2cc(OC)c(OC)c(OC)c2[nH]1)CC3. The summed E-state index contributed by atoms with van der Waals surface area (Å²) >= 11 is 0. The average Bonchev–Trinajstić information content (AvgIpc) is 3.62. The Balaban J connectivity index is 1.61. The van der Waals surface area contributed by atoms with Gasteiger partial charge >= 0.3 is 14.6 Å². The van der Waals surface area contributed by atoms with Crippen molar-refractivity contribution in [2.24, 2.45) is 0 Å². The smallest absolute Gasteiger partial charge is 0.391 e. The minimum Gasteiger partial charge on any atom is -0.493 e. The van der Waals surface area contributed by atoms with E-state index in [-0.39, 0.29) is 17.4 Å². The summed E-state index contributed by atoms with van der Waals surface area (Å²) in [4.78, 5) is 52.5. The number of rotatable bonds is 7. The Kier molecular flexibility index (Phi) is 6.32. The fourth-order valence-corrected chi connectivity index (χ4v) is 5.07. The van der Waals surface area contributed by atoms with E-state index in [9.17, 15) is 19.4 Å². The number of H-pyrrole nitrogens is 2. The van der Waals surface area contributed by atoms with Crippen molar-refractivity contribution in [3.05, 3.63) is 41.2 Å². The van der Waals surface area contributed by atoms with Crippen LogP contribution in [0.5, 0.6) is 23.0 Å². The molecular formula is C24H24N3O9P. The maximum Gasteiger partial charge on any atom is 0.391 e. The number of benzene rings is 2. The number of nitrogens with zero attached hydrogens (tertiary/aromatic N) is 1. The number of aromatic amines is 2. The maximum absolute atomic E-state index is 13.7. The van der Waals surface area contributed by atoms with Crippen molar-refractivity contribution in [2.75, 3.05) is 39.9 Å². The molecule has 3 heterocycles. The van der Waals surface area contributed by atoms with Gasteiger partial charge in [-0.3, -0.25) is 4.79 Å². The molecule has 0 fully saturated rings. The highest BCUT2D eigenvalue weighted by atomic mass is 31.2. The molecule has 2 aromatic carbocycles.